The Labute approximate surface area is 103 Å². The van der Waals surface area contributed by atoms with Gasteiger partial charge >= 0.3 is 0 Å². The van der Waals surface area contributed by atoms with E-state index in [-0.39, 0.29) is 6.04 Å². The molecular formula is C14H20ClN. The maximum atomic E-state index is 6.38. The van der Waals surface area contributed by atoms with Crippen molar-refractivity contribution >= 4 is 11.6 Å². The summed E-state index contributed by atoms with van der Waals surface area (Å²) in [6.45, 7) is 2.07. The molecule has 0 amide bonds. The lowest BCUT2D eigenvalue weighted by molar-refractivity contribution is 0.307. The van der Waals surface area contributed by atoms with Gasteiger partial charge in [-0.25, -0.2) is 0 Å². The van der Waals surface area contributed by atoms with Gasteiger partial charge in [0, 0.05) is 11.1 Å². The van der Waals surface area contributed by atoms with Crippen LogP contribution in [0, 0.1) is 12.8 Å². The Kier molecular flexibility index (Phi) is 3.88. The van der Waals surface area contributed by atoms with E-state index in [9.17, 15) is 0 Å². The van der Waals surface area contributed by atoms with E-state index >= 15 is 0 Å². The van der Waals surface area contributed by atoms with Gasteiger partial charge in [-0.05, 0) is 42.9 Å². The summed E-state index contributed by atoms with van der Waals surface area (Å²) in [5.41, 5.74) is 8.77. The SMILES string of the molecule is Cc1c(Cl)cccc1C(N)C1CCCCC1. The molecule has 1 fully saturated rings. The Morgan fingerprint density at radius 1 is 1.25 bits per heavy atom. The van der Waals surface area contributed by atoms with Crippen LogP contribution in [0.15, 0.2) is 18.2 Å². The Morgan fingerprint density at radius 2 is 1.94 bits per heavy atom. The second kappa shape index (κ2) is 5.20. The molecule has 1 aromatic rings. The standard InChI is InChI=1S/C14H20ClN/c1-10-12(8-5-9-13(10)15)14(16)11-6-3-2-4-7-11/h5,8-9,11,14H,2-4,6-7,16H2,1H3. The highest BCUT2D eigenvalue weighted by molar-refractivity contribution is 6.31. The van der Waals surface area contributed by atoms with Crippen LogP contribution in [0.1, 0.15) is 49.3 Å². The third kappa shape index (κ3) is 2.41. The van der Waals surface area contributed by atoms with Crippen molar-refractivity contribution in [1.29, 1.82) is 0 Å². The number of halogens is 1. The molecule has 1 unspecified atom stereocenters. The molecule has 2 rings (SSSR count). The first-order valence-electron chi connectivity index (χ1n) is 6.20. The van der Waals surface area contributed by atoms with E-state index in [0.29, 0.717) is 5.92 Å². The van der Waals surface area contributed by atoms with Crippen LogP contribution in [0.3, 0.4) is 0 Å². The van der Waals surface area contributed by atoms with Gasteiger partial charge in [0.1, 0.15) is 0 Å². The molecule has 0 radical (unpaired) electrons. The molecule has 0 aromatic heterocycles. The summed E-state index contributed by atoms with van der Waals surface area (Å²) in [5.74, 6) is 0.644. The van der Waals surface area contributed by atoms with Gasteiger partial charge < -0.3 is 5.73 Å². The largest absolute Gasteiger partial charge is 0.324 e. The van der Waals surface area contributed by atoms with E-state index in [1.54, 1.807) is 0 Å². The first-order valence-corrected chi connectivity index (χ1v) is 6.58. The van der Waals surface area contributed by atoms with E-state index in [2.05, 4.69) is 13.0 Å². The third-order valence-electron chi connectivity index (χ3n) is 3.83. The van der Waals surface area contributed by atoms with Crippen molar-refractivity contribution in [3.05, 3.63) is 34.3 Å². The Balaban J connectivity index is 2.19. The first kappa shape index (κ1) is 11.9. The second-order valence-corrected chi connectivity index (χ2v) is 5.29. The summed E-state index contributed by atoms with van der Waals surface area (Å²) in [6.07, 6.45) is 6.58. The lowest BCUT2D eigenvalue weighted by atomic mass is 9.80. The van der Waals surface area contributed by atoms with Gasteiger partial charge in [0.05, 0.1) is 0 Å². The van der Waals surface area contributed by atoms with Crippen molar-refractivity contribution in [3.8, 4) is 0 Å². The predicted molar refractivity (Wildman–Crippen MR) is 69.7 cm³/mol. The highest BCUT2D eigenvalue weighted by Gasteiger charge is 2.23. The fourth-order valence-electron chi connectivity index (χ4n) is 2.73. The minimum Gasteiger partial charge on any atom is -0.324 e. The summed E-state index contributed by atoms with van der Waals surface area (Å²) in [5, 5.41) is 0.837. The molecule has 0 bridgehead atoms. The molecule has 1 nitrogen and oxygen atoms in total. The molecule has 0 spiro atoms. The van der Waals surface area contributed by atoms with Gasteiger partial charge in [-0.3, -0.25) is 0 Å². The van der Waals surface area contributed by atoms with Crippen molar-refractivity contribution < 1.29 is 0 Å². The molecule has 1 atom stereocenters. The molecule has 0 saturated heterocycles. The lowest BCUT2D eigenvalue weighted by Crippen LogP contribution is -2.24. The number of hydrogen-bond donors (Lipinski definition) is 1. The molecule has 1 saturated carbocycles. The summed E-state index contributed by atoms with van der Waals surface area (Å²) < 4.78 is 0. The van der Waals surface area contributed by atoms with Crippen LogP contribution in [-0.2, 0) is 0 Å². The summed E-state index contributed by atoms with van der Waals surface area (Å²) in [6, 6.07) is 6.24. The van der Waals surface area contributed by atoms with Crippen LogP contribution < -0.4 is 5.73 Å². The molecule has 0 aliphatic heterocycles. The predicted octanol–water partition coefficient (Wildman–Crippen LogP) is 4.23. The average molecular weight is 238 g/mol. The van der Waals surface area contributed by atoms with Crippen LogP contribution in [0.25, 0.3) is 0 Å². The van der Waals surface area contributed by atoms with Crippen molar-refractivity contribution in [2.24, 2.45) is 11.7 Å². The van der Waals surface area contributed by atoms with Crippen molar-refractivity contribution in [2.75, 3.05) is 0 Å². The van der Waals surface area contributed by atoms with Gasteiger partial charge in [-0.1, -0.05) is 43.0 Å². The van der Waals surface area contributed by atoms with E-state index in [1.807, 2.05) is 12.1 Å². The van der Waals surface area contributed by atoms with Crippen molar-refractivity contribution in [3.63, 3.8) is 0 Å². The van der Waals surface area contributed by atoms with Crippen LogP contribution >= 0.6 is 11.6 Å². The molecule has 88 valence electrons. The summed E-state index contributed by atoms with van der Waals surface area (Å²) >= 11 is 6.14. The molecule has 2 N–H and O–H groups in total. The maximum Gasteiger partial charge on any atom is 0.0438 e. The van der Waals surface area contributed by atoms with Gasteiger partial charge in [0.25, 0.3) is 0 Å². The quantitative estimate of drug-likeness (QED) is 0.819. The minimum absolute atomic E-state index is 0.166. The van der Waals surface area contributed by atoms with E-state index < -0.39 is 0 Å². The van der Waals surface area contributed by atoms with E-state index in [4.69, 9.17) is 17.3 Å². The van der Waals surface area contributed by atoms with Crippen LogP contribution in [-0.4, -0.2) is 0 Å². The minimum atomic E-state index is 0.166. The summed E-state index contributed by atoms with van der Waals surface area (Å²) in [4.78, 5) is 0. The number of rotatable bonds is 2. The van der Waals surface area contributed by atoms with Gasteiger partial charge in [-0.2, -0.15) is 0 Å². The van der Waals surface area contributed by atoms with Crippen molar-refractivity contribution in [2.45, 2.75) is 45.1 Å². The molecule has 0 heterocycles. The molecule has 1 aromatic carbocycles. The first-order chi connectivity index (χ1) is 7.70. The zero-order valence-corrected chi connectivity index (χ0v) is 10.6. The smallest absolute Gasteiger partial charge is 0.0438 e. The lowest BCUT2D eigenvalue weighted by Gasteiger charge is -2.28. The topological polar surface area (TPSA) is 26.0 Å². The number of benzene rings is 1. The number of hydrogen-bond acceptors (Lipinski definition) is 1. The van der Waals surface area contributed by atoms with Gasteiger partial charge in [-0.15, -0.1) is 0 Å². The molecular weight excluding hydrogens is 218 g/mol. The van der Waals surface area contributed by atoms with Gasteiger partial charge in [0.2, 0.25) is 0 Å². The van der Waals surface area contributed by atoms with Crippen LogP contribution in [0.5, 0.6) is 0 Å². The summed E-state index contributed by atoms with van der Waals surface area (Å²) in [7, 11) is 0. The fraction of sp³-hybridized carbons (Fsp3) is 0.571. The highest BCUT2D eigenvalue weighted by Crippen LogP contribution is 2.35. The average Bonchev–Trinajstić information content (AvgIpc) is 2.33. The van der Waals surface area contributed by atoms with Gasteiger partial charge in [0.15, 0.2) is 0 Å². The van der Waals surface area contributed by atoms with E-state index in [0.717, 1.165) is 10.6 Å². The highest BCUT2D eigenvalue weighted by atomic mass is 35.5. The van der Waals surface area contributed by atoms with Crippen LogP contribution in [0.2, 0.25) is 5.02 Å². The fourth-order valence-corrected chi connectivity index (χ4v) is 2.91. The Morgan fingerprint density at radius 3 is 2.62 bits per heavy atom. The van der Waals surface area contributed by atoms with Crippen molar-refractivity contribution in [1.82, 2.24) is 0 Å². The molecule has 2 heteroatoms. The third-order valence-corrected chi connectivity index (χ3v) is 4.24. The normalized spacial score (nSPS) is 19.7. The molecule has 16 heavy (non-hydrogen) atoms. The molecule has 1 aliphatic carbocycles. The zero-order valence-electron chi connectivity index (χ0n) is 9.88. The number of nitrogens with two attached hydrogens (primary N) is 1. The molecule has 1 aliphatic rings. The van der Waals surface area contributed by atoms with E-state index in [1.165, 1.54) is 37.7 Å². The maximum absolute atomic E-state index is 6.38. The second-order valence-electron chi connectivity index (χ2n) is 4.88. The monoisotopic (exact) mass is 237 g/mol. The Hall–Kier alpha value is -0.530. The zero-order chi connectivity index (χ0) is 11.5. The Bertz CT molecular complexity index is 356. The van der Waals surface area contributed by atoms with Crippen LogP contribution in [0.4, 0.5) is 0 Å².